The van der Waals surface area contributed by atoms with Crippen LogP contribution >= 0.6 is 0 Å². The van der Waals surface area contributed by atoms with Crippen LogP contribution in [0.5, 0.6) is 0 Å². The number of hydrogen-bond donors (Lipinski definition) is 0. The van der Waals surface area contributed by atoms with E-state index in [-0.39, 0.29) is 0 Å². The van der Waals surface area contributed by atoms with E-state index in [1.807, 2.05) is 13.1 Å². The van der Waals surface area contributed by atoms with E-state index in [9.17, 15) is 0 Å². The van der Waals surface area contributed by atoms with Gasteiger partial charge in [0.15, 0.2) is 0 Å². The van der Waals surface area contributed by atoms with Crippen LogP contribution < -0.4 is 4.90 Å². The summed E-state index contributed by atoms with van der Waals surface area (Å²) >= 11 is 0. The summed E-state index contributed by atoms with van der Waals surface area (Å²) in [6, 6.07) is 5.01. The molecule has 0 bridgehead atoms. The standard InChI is InChI=1S/C13H21N3/c1-11-4-5-13(10-14-11)16-8-6-12(7-9-16)15(2)3/h4-5,10,12H,6-9H2,1-3H3. The van der Waals surface area contributed by atoms with Crippen molar-refractivity contribution >= 4 is 5.69 Å². The molecule has 0 saturated carbocycles. The molecule has 3 nitrogen and oxygen atoms in total. The highest BCUT2D eigenvalue weighted by Crippen LogP contribution is 2.20. The third-order valence-electron chi connectivity index (χ3n) is 3.46. The van der Waals surface area contributed by atoms with Crippen molar-refractivity contribution in [2.24, 2.45) is 0 Å². The number of nitrogens with zero attached hydrogens (tertiary/aromatic N) is 3. The number of pyridine rings is 1. The monoisotopic (exact) mass is 219 g/mol. The van der Waals surface area contributed by atoms with Gasteiger partial charge in [-0.15, -0.1) is 0 Å². The maximum absolute atomic E-state index is 4.36. The van der Waals surface area contributed by atoms with Crippen LogP contribution in [0.4, 0.5) is 5.69 Å². The van der Waals surface area contributed by atoms with Crippen LogP contribution in [0.3, 0.4) is 0 Å². The minimum Gasteiger partial charge on any atom is -0.370 e. The highest BCUT2D eigenvalue weighted by Gasteiger charge is 2.20. The van der Waals surface area contributed by atoms with Gasteiger partial charge in [0.25, 0.3) is 0 Å². The number of piperidine rings is 1. The van der Waals surface area contributed by atoms with Crippen molar-refractivity contribution in [1.82, 2.24) is 9.88 Å². The van der Waals surface area contributed by atoms with Gasteiger partial charge in [0.1, 0.15) is 0 Å². The smallest absolute Gasteiger partial charge is 0.0552 e. The average Bonchev–Trinajstić information content (AvgIpc) is 2.30. The van der Waals surface area contributed by atoms with Crippen molar-refractivity contribution in [2.75, 3.05) is 32.1 Å². The van der Waals surface area contributed by atoms with Gasteiger partial charge in [0.2, 0.25) is 0 Å². The van der Waals surface area contributed by atoms with Crippen molar-refractivity contribution < 1.29 is 0 Å². The largest absolute Gasteiger partial charge is 0.370 e. The quantitative estimate of drug-likeness (QED) is 0.757. The Labute approximate surface area is 98.1 Å². The highest BCUT2D eigenvalue weighted by atomic mass is 15.2. The molecule has 1 aliphatic heterocycles. The lowest BCUT2D eigenvalue weighted by Gasteiger charge is -2.36. The molecule has 0 aromatic carbocycles. The van der Waals surface area contributed by atoms with Crippen LogP contribution in [0.15, 0.2) is 18.3 Å². The summed E-state index contributed by atoms with van der Waals surface area (Å²) in [7, 11) is 4.35. The molecule has 2 heterocycles. The van der Waals surface area contributed by atoms with Crippen LogP contribution in [0.2, 0.25) is 0 Å². The van der Waals surface area contributed by atoms with Crippen LogP contribution in [0, 0.1) is 6.92 Å². The third-order valence-corrected chi connectivity index (χ3v) is 3.46. The van der Waals surface area contributed by atoms with Crippen molar-refractivity contribution in [3.05, 3.63) is 24.0 Å². The van der Waals surface area contributed by atoms with E-state index < -0.39 is 0 Å². The van der Waals surface area contributed by atoms with Gasteiger partial charge >= 0.3 is 0 Å². The molecule has 1 aromatic heterocycles. The van der Waals surface area contributed by atoms with Gasteiger partial charge in [0.05, 0.1) is 11.9 Å². The molecular weight excluding hydrogens is 198 g/mol. The summed E-state index contributed by atoms with van der Waals surface area (Å²) in [6.45, 7) is 4.32. The van der Waals surface area contributed by atoms with E-state index in [1.165, 1.54) is 18.5 Å². The van der Waals surface area contributed by atoms with Gasteiger partial charge in [-0.2, -0.15) is 0 Å². The van der Waals surface area contributed by atoms with E-state index in [1.54, 1.807) is 0 Å². The lowest BCUT2D eigenvalue weighted by Crippen LogP contribution is -2.42. The van der Waals surface area contributed by atoms with Gasteiger partial charge < -0.3 is 9.80 Å². The van der Waals surface area contributed by atoms with Gasteiger partial charge in [-0.1, -0.05) is 0 Å². The first-order valence-corrected chi connectivity index (χ1v) is 6.01. The van der Waals surface area contributed by atoms with Crippen LogP contribution in [0.1, 0.15) is 18.5 Å². The normalized spacial score (nSPS) is 18.1. The molecular formula is C13H21N3. The average molecular weight is 219 g/mol. The summed E-state index contributed by atoms with van der Waals surface area (Å²) in [5, 5.41) is 0. The number of aromatic nitrogens is 1. The van der Waals surface area contributed by atoms with Gasteiger partial charge in [-0.3, -0.25) is 4.98 Å². The number of anilines is 1. The molecule has 1 fully saturated rings. The molecule has 0 aliphatic carbocycles. The Hall–Kier alpha value is -1.09. The highest BCUT2D eigenvalue weighted by molar-refractivity contribution is 5.44. The molecule has 1 saturated heterocycles. The molecule has 0 unspecified atom stereocenters. The zero-order valence-corrected chi connectivity index (χ0v) is 10.5. The second kappa shape index (κ2) is 4.83. The minimum atomic E-state index is 0.745. The molecule has 2 rings (SSSR count). The van der Waals surface area contributed by atoms with Crippen LogP contribution in [-0.4, -0.2) is 43.1 Å². The van der Waals surface area contributed by atoms with Crippen molar-refractivity contribution in [3.63, 3.8) is 0 Å². The molecule has 88 valence electrons. The third kappa shape index (κ3) is 2.53. The summed E-state index contributed by atoms with van der Waals surface area (Å²) < 4.78 is 0. The predicted octanol–water partition coefficient (Wildman–Crippen LogP) is 1.92. The molecule has 16 heavy (non-hydrogen) atoms. The number of aryl methyl sites for hydroxylation is 1. The Balaban J connectivity index is 1.96. The molecule has 0 amide bonds. The molecule has 1 aromatic rings. The first kappa shape index (κ1) is 11.4. The van der Waals surface area contributed by atoms with Crippen molar-refractivity contribution in [3.8, 4) is 0 Å². The Morgan fingerprint density at radius 3 is 2.44 bits per heavy atom. The van der Waals surface area contributed by atoms with Gasteiger partial charge in [-0.05, 0) is 46.0 Å². The summed E-state index contributed by atoms with van der Waals surface area (Å²) in [5.41, 5.74) is 2.36. The topological polar surface area (TPSA) is 19.4 Å². The second-order valence-corrected chi connectivity index (χ2v) is 4.84. The zero-order valence-electron chi connectivity index (χ0n) is 10.5. The van der Waals surface area contributed by atoms with E-state index in [2.05, 4.69) is 41.0 Å². The fourth-order valence-electron chi connectivity index (χ4n) is 2.29. The predicted molar refractivity (Wildman–Crippen MR) is 67.9 cm³/mol. The van der Waals surface area contributed by atoms with E-state index >= 15 is 0 Å². The van der Waals surface area contributed by atoms with Crippen molar-refractivity contribution in [2.45, 2.75) is 25.8 Å². The van der Waals surface area contributed by atoms with E-state index in [4.69, 9.17) is 0 Å². The van der Waals surface area contributed by atoms with Crippen LogP contribution in [0.25, 0.3) is 0 Å². The Bertz CT molecular complexity index is 324. The first-order chi connectivity index (χ1) is 7.66. The maximum Gasteiger partial charge on any atom is 0.0552 e. The first-order valence-electron chi connectivity index (χ1n) is 6.01. The molecule has 3 heteroatoms. The lowest BCUT2D eigenvalue weighted by atomic mass is 10.0. The minimum absolute atomic E-state index is 0.745. The molecule has 0 radical (unpaired) electrons. The summed E-state index contributed by atoms with van der Waals surface area (Å²) in [6.07, 6.45) is 4.49. The van der Waals surface area contributed by atoms with Gasteiger partial charge in [0, 0.05) is 24.8 Å². The van der Waals surface area contributed by atoms with E-state index in [0.29, 0.717) is 0 Å². The Morgan fingerprint density at radius 2 is 1.94 bits per heavy atom. The summed E-state index contributed by atoms with van der Waals surface area (Å²) in [5.74, 6) is 0. The fourth-order valence-corrected chi connectivity index (χ4v) is 2.29. The molecule has 0 atom stereocenters. The van der Waals surface area contributed by atoms with Crippen molar-refractivity contribution in [1.29, 1.82) is 0 Å². The number of rotatable bonds is 2. The fraction of sp³-hybridized carbons (Fsp3) is 0.615. The Morgan fingerprint density at radius 1 is 1.25 bits per heavy atom. The van der Waals surface area contributed by atoms with Crippen LogP contribution in [-0.2, 0) is 0 Å². The molecule has 0 spiro atoms. The zero-order chi connectivity index (χ0) is 11.5. The lowest BCUT2D eigenvalue weighted by molar-refractivity contribution is 0.249. The maximum atomic E-state index is 4.36. The molecule has 1 aliphatic rings. The molecule has 0 N–H and O–H groups in total. The SMILES string of the molecule is Cc1ccc(N2CCC(N(C)C)CC2)cn1. The second-order valence-electron chi connectivity index (χ2n) is 4.84. The summed E-state index contributed by atoms with van der Waals surface area (Å²) in [4.78, 5) is 9.13. The van der Waals surface area contributed by atoms with E-state index in [0.717, 1.165) is 24.8 Å². The van der Waals surface area contributed by atoms with Gasteiger partial charge in [-0.25, -0.2) is 0 Å². The Kier molecular flexibility index (Phi) is 3.44. The number of hydrogen-bond acceptors (Lipinski definition) is 3.